The molecular weight excluding hydrogens is 428 g/mol. The molecule has 0 bridgehead atoms. The Bertz CT molecular complexity index is 1330. The van der Waals surface area contributed by atoms with Gasteiger partial charge in [-0.3, -0.25) is 5.32 Å². The first-order valence-electron chi connectivity index (χ1n) is 10.3. The lowest BCUT2D eigenvalue weighted by Gasteiger charge is -2.38. The number of ether oxygens (including phenoxy) is 2. The third-order valence-electron chi connectivity index (χ3n) is 6.09. The van der Waals surface area contributed by atoms with E-state index < -0.39 is 23.7 Å². The lowest BCUT2D eigenvalue weighted by molar-refractivity contribution is -0.158. The number of aromatic hydroxyl groups is 2. The molecule has 2 atom stereocenters. The zero-order valence-electron chi connectivity index (χ0n) is 17.1. The van der Waals surface area contributed by atoms with Crippen LogP contribution < -0.4 is 15.5 Å². The summed E-state index contributed by atoms with van der Waals surface area (Å²) < 4.78 is 12.2. The van der Waals surface area contributed by atoms with E-state index in [-0.39, 0.29) is 24.5 Å². The standard InChI is InChI=1S/C24H18N2O7/c27-13-5-6-17-18(9-13)31-19-10-14(28)7-12(8-20-25-11-21(29)33-26-20)22(19)24(17)16-4-2-1-3-15(16)23(30)32-24/h1-7,9-10,20,25-28H,8,11H2. The monoisotopic (exact) mass is 446 g/mol. The Hall–Kier alpha value is -4.08. The van der Waals surface area contributed by atoms with E-state index in [4.69, 9.17) is 14.3 Å². The van der Waals surface area contributed by atoms with Gasteiger partial charge in [-0.1, -0.05) is 18.2 Å². The Balaban J connectivity index is 1.60. The number of carbonyl (C=O) groups is 2. The number of rotatable bonds is 2. The van der Waals surface area contributed by atoms with Gasteiger partial charge >= 0.3 is 11.9 Å². The molecule has 9 heteroatoms. The molecule has 1 fully saturated rings. The molecule has 0 aliphatic carbocycles. The predicted molar refractivity (Wildman–Crippen MR) is 113 cm³/mol. The first kappa shape index (κ1) is 19.6. The van der Waals surface area contributed by atoms with E-state index in [0.717, 1.165) is 0 Å². The molecule has 0 radical (unpaired) electrons. The average molecular weight is 446 g/mol. The highest BCUT2D eigenvalue weighted by molar-refractivity contribution is 5.97. The quantitative estimate of drug-likeness (QED) is 0.438. The minimum Gasteiger partial charge on any atom is -0.508 e. The number of esters is 1. The molecule has 2 unspecified atom stereocenters. The number of hydrogen-bond donors (Lipinski definition) is 4. The van der Waals surface area contributed by atoms with Gasteiger partial charge < -0.3 is 24.5 Å². The maximum absolute atomic E-state index is 13.0. The Morgan fingerprint density at radius 3 is 2.61 bits per heavy atom. The summed E-state index contributed by atoms with van der Waals surface area (Å²) in [6.07, 6.45) is -0.165. The molecule has 4 N–H and O–H groups in total. The van der Waals surface area contributed by atoms with Gasteiger partial charge in [0.25, 0.3) is 0 Å². The Morgan fingerprint density at radius 1 is 0.970 bits per heavy atom. The Labute approximate surface area is 187 Å². The van der Waals surface area contributed by atoms with E-state index in [1.54, 1.807) is 24.3 Å². The molecule has 3 heterocycles. The number of fused-ring (bicyclic) bond motifs is 6. The first-order chi connectivity index (χ1) is 16.0. The number of hydroxylamine groups is 1. The fourth-order valence-electron chi connectivity index (χ4n) is 4.80. The third-order valence-corrected chi connectivity index (χ3v) is 6.09. The van der Waals surface area contributed by atoms with Gasteiger partial charge in [-0.2, -0.15) is 0 Å². The highest BCUT2D eigenvalue weighted by Gasteiger charge is 2.54. The van der Waals surface area contributed by atoms with Crippen LogP contribution in [0.15, 0.2) is 54.6 Å². The van der Waals surface area contributed by atoms with E-state index >= 15 is 0 Å². The van der Waals surface area contributed by atoms with Gasteiger partial charge in [0.15, 0.2) is 5.60 Å². The molecule has 3 aliphatic rings. The number of phenolic OH excluding ortho intramolecular Hbond substituents is 2. The van der Waals surface area contributed by atoms with E-state index in [2.05, 4.69) is 10.8 Å². The zero-order valence-corrected chi connectivity index (χ0v) is 17.1. The summed E-state index contributed by atoms with van der Waals surface area (Å²) in [7, 11) is 0. The smallest absolute Gasteiger partial charge is 0.340 e. The van der Waals surface area contributed by atoms with Crippen LogP contribution in [0.25, 0.3) is 0 Å². The van der Waals surface area contributed by atoms with Crippen LogP contribution in [0.1, 0.15) is 32.6 Å². The second-order valence-electron chi connectivity index (χ2n) is 8.11. The summed E-state index contributed by atoms with van der Waals surface area (Å²) in [6, 6.07) is 14.7. The highest BCUT2D eigenvalue weighted by atomic mass is 16.7. The normalized spacial score (nSPS) is 22.6. The topological polar surface area (TPSA) is 126 Å². The molecule has 3 aromatic carbocycles. The first-order valence-corrected chi connectivity index (χ1v) is 10.3. The van der Waals surface area contributed by atoms with Crippen molar-refractivity contribution in [3.05, 3.63) is 82.4 Å². The van der Waals surface area contributed by atoms with Gasteiger partial charge in [-0.05, 0) is 29.8 Å². The maximum Gasteiger partial charge on any atom is 0.340 e. The molecule has 0 amide bonds. The second kappa shape index (κ2) is 6.96. The molecule has 33 heavy (non-hydrogen) atoms. The van der Waals surface area contributed by atoms with Crippen molar-refractivity contribution in [2.75, 3.05) is 6.54 Å². The number of phenols is 2. The van der Waals surface area contributed by atoms with E-state index in [9.17, 15) is 19.8 Å². The highest BCUT2D eigenvalue weighted by Crippen LogP contribution is 2.58. The van der Waals surface area contributed by atoms with Crippen molar-refractivity contribution >= 4 is 11.9 Å². The summed E-state index contributed by atoms with van der Waals surface area (Å²) in [5, 5.41) is 23.6. The zero-order chi connectivity index (χ0) is 22.7. The number of nitrogens with one attached hydrogen (secondary N) is 2. The molecular formula is C24H18N2O7. The molecule has 9 nitrogen and oxygen atoms in total. The lowest BCUT2D eigenvalue weighted by atomic mass is 9.75. The summed E-state index contributed by atoms with van der Waals surface area (Å²) in [5.41, 5.74) is 4.09. The summed E-state index contributed by atoms with van der Waals surface area (Å²) >= 11 is 0. The predicted octanol–water partition coefficient (Wildman–Crippen LogP) is 2.19. The van der Waals surface area contributed by atoms with Crippen molar-refractivity contribution in [1.82, 2.24) is 10.8 Å². The van der Waals surface area contributed by atoms with Crippen molar-refractivity contribution in [1.29, 1.82) is 0 Å². The van der Waals surface area contributed by atoms with E-state index in [1.807, 2.05) is 12.1 Å². The number of carbonyl (C=O) groups excluding carboxylic acids is 2. The van der Waals surface area contributed by atoms with Gasteiger partial charge in [-0.15, -0.1) is 5.48 Å². The number of hydrogen-bond acceptors (Lipinski definition) is 9. The van der Waals surface area contributed by atoms with Crippen LogP contribution >= 0.6 is 0 Å². The third kappa shape index (κ3) is 2.86. The fraction of sp³-hybridized carbons (Fsp3) is 0.167. The van der Waals surface area contributed by atoms with Crippen LogP contribution in [0, 0.1) is 0 Å². The SMILES string of the molecule is O=C1CNC(Cc2cc(O)cc3c2C2(OC(=O)c4ccccc42)c2ccc(O)cc2O3)NO1. The minimum absolute atomic E-state index is 0.0113. The molecule has 1 spiro atoms. The van der Waals surface area contributed by atoms with Gasteiger partial charge in [-0.25, -0.2) is 9.59 Å². The van der Waals surface area contributed by atoms with Crippen molar-refractivity contribution in [2.24, 2.45) is 0 Å². The summed E-state index contributed by atoms with van der Waals surface area (Å²) in [5.74, 6) is -0.377. The van der Waals surface area contributed by atoms with E-state index in [0.29, 0.717) is 39.3 Å². The van der Waals surface area contributed by atoms with E-state index in [1.165, 1.54) is 18.2 Å². The summed E-state index contributed by atoms with van der Waals surface area (Å²) in [4.78, 5) is 29.3. The fourth-order valence-corrected chi connectivity index (χ4v) is 4.80. The lowest BCUT2D eigenvalue weighted by Crippen LogP contribution is -2.53. The van der Waals surface area contributed by atoms with Crippen LogP contribution in [-0.2, 0) is 26.4 Å². The summed E-state index contributed by atoms with van der Waals surface area (Å²) in [6.45, 7) is 0.0280. The molecule has 0 aromatic heterocycles. The van der Waals surface area contributed by atoms with Crippen molar-refractivity contribution in [2.45, 2.75) is 18.2 Å². The molecule has 0 saturated carbocycles. The van der Waals surface area contributed by atoms with Crippen molar-refractivity contribution < 1.29 is 34.1 Å². The molecule has 3 aliphatic heterocycles. The molecule has 6 rings (SSSR count). The van der Waals surface area contributed by atoms with Crippen molar-refractivity contribution in [3.63, 3.8) is 0 Å². The van der Waals surface area contributed by atoms with Gasteiger partial charge in [0.1, 0.15) is 23.0 Å². The average Bonchev–Trinajstić information content (AvgIpc) is 3.08. The second-order valence-corrected chi connectivity index (χ2v) is 8.11. The van der Waals surface area contributed by atoms with Crippen molar-refractivity contribution in [3.8, 4) is 23.0 Å². The van der Waals surface area contributed by atoms with Crippen LogP contribution in [-0.4, -0.2) is 34.9 Å². The van der Waals surface area contributed by atoms with Crippen LogP contribution in [0.5, 0.6) is 23.0 Å². The Morgan fingerprint density at radius 2 is 1.79 bits per heavy atom. The number of benzene rings is 3. The minimum atomic E-state index is -1.35. The largest absolute Gasteiger partial charge is 0.508 e. The molecule has 166 valence electrons. The van der Waals surface area contributed by atoms with Crippen LogP contribution in [0.2, 0.25) is 0 Å². The van der Waals surface area contributed by atoms with Gasteiger partial charge in [0, 0.05) is 29.7 Å². The molecule has 3 aromatic rings. The molecule has 1 saturated heterocycles. The van der Waals surface area contributed by atoms with Crippen LogP contribution in [0.3, 0.4) is 0 Å². The maximum atomic E-state index is 13.0. The van der Waals surface area contributed by atoms with Crippen LogP contribution in [0.4, 0.5) is 0 Å². The Kier molecular flexibility index (Phi) is 4.13. The van der Waals surface area contributed by atoms with Gasteiger partial charge in [0.2, 0.25) is 0 Å². The van der Waals surface area contributed by atoms with Gasteiger partial charge in [0.05, 0.1) is 23.8 Å².